The van der Waals surface area contributed by atoms with Crippen LogP contribution in [-0.4, -0.2) is 53.9 Å². The van der Waals surface area contributed by atoms with E-state index in [1.807, 2.05) is 24.3 Å². The first kappa shape index (κ1) is 19.3. The van der Waals surface area contributed by atoms with Gasteiger partial charge in [0.15, 0.2) is 11.4 Å². The second-order valence-corrected chi connectivity index (χ2v) is 7.10. The second-order valence-electron chi connectivity index (χ2n) is 6.70. The van der Waals surface area contributed by atoms with Gasteiger partial charge >= 0.3 is 0 Å². The Morgan fingerprint density at radius 1 is 1.07 bits per heavy atom. The summed E-state index contributed by atoms with van der Waals surface area (Å²) in [5.74, 6) is -0.144. The van der Waals surface area contributed by atoms with Crippen molar-refractivity contribution in [1.29, 1.82) is 0 Å². The lowest BCUT2D eigenvalue weighted by atomic mass is 10.2. The molecule has 1 saturated heterocycles. The number of hydrogen-bond donors (Lipinski definition) is 0. The zero-order valence-electron chi connectivity index (χ0n) is 15.9. The summed E-state index contributed by atoms with van der Waals surface area (Å²) in [6, 6.07) is 13.6. The number of anilines is 1. The van der Waals surface area contributed by atoms with Gasteiger partial charge < -0.3 is 14.5 Å². The molecule has 1 aliphatic rings. The van der Waals surface area contributed by atoms with Crippen LogP contribution in [0.1, 0.15) is 10.5 Å². The Morgan fingerprint density at radius 3 is 2.41 bits per heavy atom. The topological polar surface area (TPSA) is 50.6 Å². The normalized spacial score (nSPS) is 14.2. The van der Waals surface area contributed by atoms with Gasteiger partial charge in [0, 0.05) is 26.2 Å². The molecule has 0 atom stereocenters. The fourth-order valence-electron chi connectivity index (χ4n) is 3.39. The Bertz CT molecular complexity index is 1010. The number of amides is 1. The van der Waals surface area contributed by atoms with E-state index < -0.39 is 0 Å². The van der Waals surface area contributed by atoms with E-state index in [0.717, 1.165) is 5.69 Å². The number of aromatic nitrogens is 2. The van der Waals surface area contributed by atoms with Crippen molar-refractivity contribution in [2.24, 2.45) is 0 Å². The molecule has 1 fully saturated rings. The Balaban J connectivity index is 1.50. The number of rotatable bonds is 4. The third-order valence-corrected chi connectivity index (χ3v) is 5.27. The third kappa shape index (κ3) is 3.91. The van der Waals surface area contributed by atoms with Gasteiger partial charge in [0.25, 0.3) is 5.91 Å². The summed E-state index contributed by atoms with van der Waals surface area (Å²) in [7, 11) is 1.50. The number of carbonyl (C=O) groups excluding carboxylic acids is 1. The molecule has 0 N–H and O–H groups in total. The minimum Gasteiger partial charge on any atom is -0.493 e. The van der Waals surface area contributed by atoms with Crippen molar-refractivity contribution in [2.45, 2.75) is 0 Å². The average Bonchev–Trinajstić information content (AvgIpc) is 3.19. The molecular weight excluding hydrogens is 395 g/mol. The van der Waals surface area contributed by atoms with Gasteiger partial charge in [0.05, 0.1) is 29.7 Å². The van der Waals surface area contributed by atoms with Gasteiger partial charge in [0.2, 0.25) is 0 Å². The number of nitrogens with zero attached hydrogens (tertiary/aromatic N) is 4. The van der Waals surface area contributed by atoms with E-state index in [4.69, 9.17) is 16.3 Å². The molecule has 6 nitrogen and oxygen atoms in total. The SMILES string of the molecule is COc1cn(-c2ccc(F)cc2)nc1C(=O)N1CCN(c2ccccc2Cl)CC1. The molecule has 0 unspecified atom stereocenters. The van der Waals surface area contributed by atoms with Crippen molar-refractivity contribution in [1.82, 2.24) is 14.7 Å². The van der Waals surface area contributed by atoms with Gasteiger partial charge in [-0.15, -0.1) is 0 Å². The van der Waals surface area contributed by atoms with E-state index in [0.29, 0.717) is 42.6 Å². The first-order valence-electron chi connectivity index (χ1n) is 9.25. The van der Waals surface area contributed by atoms with Gasteiger partial charge in [-0.05, 0) is 36.4 Å². The second kappa shape index (κ2) is 8.13. The molecule has 0 spiro atoms. The summed E-state index contributed by atoms with van der Waals surface area (Å²) in [4.78, 5) is 17.0. The highest BCUT2D eigenvalue weighted by molar-refractivity contribution is 6.33. The molecule has 0 saturated carbocycles. The van der Waals surface area contributed by atoms with Crippen LogP contribution < -0.4 is 9.64 Å². The average molecular weight is 415 g/mol. The molecule has 0 radical (unpaired) electrons. The van der Waals surface area contributed by atoms with Crippen molar-refractivity contribution >= 4 is 23.2 Å². The standard InChI is InChI=1S/C21H20ClFN4O2/c1-29-19-14-27(16-8-6-15(23)7-9-16)24-20(19)21(28)26-12-10-25(11-13-26)18-5-3-2-4-17(18)22/h2-9,14H,10-13H2,1H3. The van der Waals surface area contributed by atoms with E-state index in [9.17, 15) is 9.18 Å². The number of benzene rings is 2. The quantitative estimate of drug-likeness (QED) is 0.654. The molecule has 2 aromatic carbocycles. The lowest BCUT2D eigenvalue weighted by molar-refractivity contribution is 0.0737. The molecular formula is C21H20ClFN4O2. The lowest BCUT2D eigenvalue weighted by Crippen LogP contribution is -2.49. The number of para-hydroxylation sites is 1. The van der Waals surface area contributed by atoms with Crippen LogP contribution in [0.5, 0.6) is 5.75 Å². The van der Waals surface area contributed by atoms with Gasteiger partial charge in [-0.2, -0.15) is 5.10 Å². The summed E-state index contributed by atoms with van der Waals surface area (Å²) in [6.45, 7) is 2.46. The molecule has 2 heterocycles. The molecule has 3 aromatic rings. The van der Waals surface area contributed by atoms with Crippen LogP contribution in [0.3, 0.4) is 0 Å². The lowest BCUT2D eigenvalue weighted by Gasteiger charge is -2.36. The van der Waals surface area contributed by atoms with Crippen LogP contribution in [0.2, 0.25) is 5.02 Å². The van der Waals surface area contributed by atoms with Gasteiger partial charge in [0.1, 0.15) is 5.82 Å². The van der Waals surface area contributed by atoms with Crippen molar-refractivity contribution < 1.29 is 13.9 Å². The molecule has 150 valence electrons. The number of carbonyl (C=O) groups is 1. The summed E-state index contributed by atoms with van der Waals surface area (Å²) in [6.07, 6.45) is 1.63. The van der Waals surface area contributed by atoms with E-state index >= 15 is 0 Å². The Kier molecular flexibility index (Phi) is 5.40. The maximum Gasteiger partial charge on any atom is 0.278 e. The van der Waals surface area contributed by atoms with Crippen molar-refractivity contribution in [3.05, 3.63) is 71.3 Å². The van der Waals surface area contributed by atoms with Gasteiger partial charge in [-0.1, -0.05) is 23.7 Å². The highest BCUT2D eigenvalue weighted by atomic mass is 35.5. The maximum absolute atomic E-state index is 13.2. The zero-order valence-corrected chi connectivity index (χ0v) is 16.6. The minimum absolute atomic E-state index is 0.193. The molecule has 8 heteroatoms. The van der Waals surface area contributed by atoms with Gasteiger partial charge in [-0.3, -0.25) is 4.79 Å². The van der Waals surface area contributed by atoms with E-state index in [1.165, 1.54) is 23.9 Å². The fraction of sp³-hybridized carbons (Fsp3) is 0.238. The fourth-order valence-corrected chi connectivity index (χ4v) is 3.65. The smallest absolute Gasteiger partial charge is 0.278 e. The number of hydrogen-bond acceptors (Lipinski definition) is 4. The highest BCUT2D eigenvalue weighted by Gasteiger charge is 2.27. The molecule has 1 amide bonds. The predicted molar refractivity (Wildman–Crippen MR) is 110 cm³/mol. The Hall–Kier alpha value is -3.06. The Labute approximate surface area is 173 Å². The number of halogens is 2. The van der Waals surface area contributed by atoms with Crippen LogP contribution in [-0.2, 0) is 0 Å². The summed E-state index contributed by atoms with van der Waals surface area (Å²) in [5, 5.41) is 5.09. The largest absolute Gasteiger partial charge is 0.493 e. The molecule has 0 bridgehead atoms. The van der Waals surface area contributed by atoms with E-state index in [1.54, 1.807) is 23.2 Å². The molecule has 4 rings (SSSR count). The summed E-state index contributed by atoms with van der Waals surface area (Å²) in [5.41, 5.74) is 1.86. The maximum atomic E-state index is 13.2. The number of ether oxygens (including phenoxy) is 1. The molecule has 1 aliphatic heterocycles. The van der Waals surface area contributed by atoms with Crippen LogP contribution in [0.25, 0.3) is 5.69 Å². The van der Waals surface area contributed by atoms with Crippen molar-refractivity contribution in [3.63, 3.8) is 0 Å². The zero-order chi connectivity index (χ0) is 20.4. The molecule has 1 aromatic heterocycles. The number of methoxy groups -OCH3 is 1. The molecule has 0 aliphatic carbocycles. The summed E-state index contributed by atoms with van der Waals surface area (Å²) >= 11 is 6.29. The first-order valence-corrected chi connectivity index (χ1v) is 9.63. The predicted octanol–water partition coefficient (Wildman–Crippen LogP) is 3.64. The van der Waals surface area contributed by atoms with Crippen LogP contribution >= 0.6 is 11.6 Å². The first-order chi connectivity index (χ1) is 14.1. The number of piperazine rings is 1. The van der Waals surface area contributed by atoms with Crippen molar-refractivity contribution in [3.8, 4) is 11.4 Å². The highest BCUT2D eigenvalue weighted by Crippen LogP contribution is 2.27. The van der Waals surface area contributed by atoms with E-state index in [-0.39, 0.29) is 17.4 Å². The monoisotopic (exact) mass is 414 g/mol. The molecule has 29 heavy (non-hydrogen) atoms. The van der Waals surface area contributed by atoms with Crippen LogP contribution in [0.4, 0.5) is 10.1 Å². The van der Waals surface area contributed by atoms with Crippen molar-refractivity contribution in [2.75, 3.05) is 38.2 Å². The Morgan fingerprint density at radius 2 is 1.76 bits per heavy atom. The van der Waals surface area contributed by atoms with Gasteiger partial charge in [-0.25, -0.2) is 9.07 Å². The van der Waals surface area contributed by atoms with Crippen LogP contribution in [0, 0.1) is 5.82 Å². The third-order valence-electron chi connectivity index (χ3n) is 4.95. The minimum atomic E-state index is -0.333. The van der Waals surface area contributed by atoms with Crippen LogP contribution in [0.15, 0.2) is 54.7 Å². The summed E-state index contributed by atoms with van der Waals surface area (Å²) < 4.78 is 20.1. The van der Waals surface area contributed by atoms with E-state index in [2.05, 4.69) is 10.00 Å².